The Labute approximate surface area is 162 Å². The first-order valence-corrected chi connectivity index (χ1v) is 7.92. The quantitative estimate of drug-likeness (QED) is 0.471. The van der Waals surface area contributed by atoms with Crippen molar-refractivity contribution in [1.29, 1.82) is 0 Å². The van der Waals surface area contributed by atoms with Crippen LogP contribution >= 0.6 is 39.1 Å². The molecule has 0 fully saturated rings. The van der Waals surface area contributed by atoms with Gasteiger partial charge in [0.2, 0.25) is 0 Å². The van der Waals surface area contributed by atoms with E-state index in [4.69, 9.17) is 23.2 Å². The van der Waals surface area contributed by atoms with Crippen molar-refractivity contribution in [2.24, 2.45) is 0 Å². The van der Waals surface area contributed by atoms with E-state index >= 15 is 0 Å². The summed E-state index contributed by atoms with van der Waals surface area (Å²) < 4.78 is 102. The van der Waals surface area contributed by atoms with Gasteiger partial charge >= 0.3 is 18.3 Å². The number of nitrogens with zero attached hydrogens (tertiary/aromatic N) is 2. The number of aromatic nitrogens is 2. The summed E-state index contributed by atoms with van der Waals surface area (Å²) in [6.07, 6.45) is -10.6. The Morgan fingerprint density at radius 2 is 1.44 bits per heavy atom. The van der Waals surface area contributed by atoms with E-state index in [1.807, 2.05) is 0 Å². The van der Waals surface area contributed by atoms with Gasteiger partial charge in [0.05, 0.1) is 21.3 Å². The van der Waals surface area contributed by atoms with Crippen LogP contribution in [0.25, 0.3) is 5.69 Å². The summed E-state index contributed by atoms with van der Waals surface area (Å²) in [6.45, 7) is 0. The molecular formula is C13H3BrCl2F8N2O. The molecule has 1 heterocycles. The van der Waals surface area contributed by atoms with Gasteiger partial charge in [0.1, 0.15) is 16.5 Å². The molecule has 0 amide bonds. The number of halogens is 11. The van der Waals surface area contributed by atoms with E-state index < -0.39 is 55.3 Å². The third kappa shape index (κ3) is 3.92. The lowest BCUT2D eigenvalue weighted by Gasteiger charge is -2.20. The first-order chi connectivity index (χ1) is 12.1. The second-order valence-corrected chi connectivity index (χ2v) is 6.55. The highest BCUT2D eigenvalue weighted by atomic mass is 79.9. The molecule has 1 aromatic heterocycles. The highest BCUT2D eigenvalue weighted by Gasteiger charge is 2.61. The maximum absolute atomic E-state index is 13.4. The topological polar surface area (TPSA) is 34.9 Å². The van der Waals surface area contributed by atoms with E-state index in [0.29, 0.717) is 16.7 Å². The van der Waals surface area contributed by atoms with E-state index in [1.54, 1.807) is 0 Å². The van der Waals surface area contributed by atoms with Gasteiger partial charge in [0, 0.05) is 0 Å². The molecule has 0 aliphatic heterocycles. The molecule has 0 aliphatic rings. The summed E-state index contributed by atoms with van der Waals surface area (Å²) in [5.41, 5.74) is -5.25. The van der Waals surface area contributed by atoms with Crippen LogP contribution in [0.15, 0.2) is 27.7 Å². The van der Waals surface area contributed by atoms with Crippen molar-refractivity contribution in [1.82, 2.24) is 9.55 Å². The van der Waals surface area contributed by atoms with Gasteiger partial charge in [-0.3, -0.25) is 9.36 Å². The second-order valence-electron chi connectivity index (χ2n) is 4.94. The number of alkyl halides is 8. The van der Waals surface area contributed by atoms with E-state index in [1.165, 1.54) is 0 Å². The van der Waals surface area contributed by atoms with Gasteiger partial charge in [-0.1, -0.05) is 23.2 Å². The molecule has 0 aliphatic carbocycles. The molecule has 0 saturated heterocycles. The normalized spacial score (nSPS) is 13.1. The molecule has 0 unspecified atom stereocenters. The molecule has 0 atom stereocenters. The van der Waals surface area contributed by atoms with Crippen molar-refractivity contribution < 1.29 is 35.1 Å². The monoisotopic (exact) mass is 504 g/mol. The smallest absolute Gasteiger partial charge is 0.268 e. The summed E-state index contributed by atoms with van der Waals surface area (Å²) in [7, 11) is 0. The fraction of sp³-hybridized carbons (Fsp3) is 0.231. The largest absolute Gasteiger partial charge is 0.459 e. The number of rotatable bonds is 2. The van der Waals surface area contributed by atoms with Crippen molar-refractivity contribution in [3.63, 3.8) is 0 Å². The third-order valence-corrected chi connectivity index (χ3v) is 4.45. The fourth-order valence-corrected chi connectivity index (χ4v) is 3.11. The average molecular weight is 506 g/mol. The summed E-state index contributed by atoms with van der Waals surface area (Å²) in [5.74, 6) is -5.46. The Balaban J connectivity index is 2.71. The third-order valence-electron chi connectivity index (χ3n) is 3.16. The Kier molecular flexibility index (Phi) is 5.59. The van der Waals surface area contributed by atoms with Crippen LogP contribution in [0, 0.1) is 0 Å². The lowest BCUT2D eigenvalue weighted by atomic mass is 10.2. The van der Waals surface area contributed by atoms with Crippen LogP contribution in [0.2, 0.25) is 10.0 Å². The van der Waals surface area contributed by atoms with Gasteiger partial charge in [0.25, 0.3) is 5.56 Å². The zero-order valence-electron chi connectivity index (χ0n) is 12.2. The summed E-state index contributed by atoms with van der Waals surface area (Å²) in [6, 6.07) is 0.808. The molecule has 27 heavy (non-hydrogen) atoms. The van der Waals surface area contributed by atoms with E-state index in [9.17, 15) is 39.9 Å². The number of hydrogen-bond donors (Lipinski definition) is 0. The molecule has 1 aromatic carbocycles. The van der Waals surface area contributed by atoms with Crippen molar-refractivity contribution in [3.05, 3.63) is 54.6 Å². The molecule has 2 aromatic rings. The molecule has 148 valence electrons. The van der Waals surface area contributed by atoms with E-state index in [2.05, 4.69) is 20.9 Å². The Morgan fingerprint density at radius 1 is 0.963 bits per heavy atom. The van der Waals surface area contributed by atoms with Crippen LogP contribution in [0.5, 0.6) is 0 Å². The minimum Gasteiger partial charge on any atom is -0.268 e. The standard InChI is InChI=1S/C13H3BrCl2F8N2O/c14-7-9(11(17,18)13(22,23)24)25-3-26(10(7)27)8-5(15)1-4(2-6(8)16)12(19,20)21/h1-3H. The maximum Gasteiger partial charge on any atom is 0.459 e. The van der Waals surface area contributed by atoms with E-state index in [0.717, 1.165) is 0 Å². The molecular weight excluding hydrogens is 503 g/mol. The van der Waals surface area contributed by atoms with Gasteiger partial charge in [0.15, 0.2) is 0 Å². The zero-order valence-corrected chi connectivity index (χ0v) is 15.3. The predicted octanol–water partition coefficient (Wildman–Crippen LogP) is 5.97. The lowest BCUT2D eigenvalue weighted by molar-refractivity contribution is -0.291. The highest BCUT2D eigenvalue weighted by Crippen LogP contribution is 2.45. The minimum absolute atomic E-state index is 0.252. The Bertz CT molecular complexity index is 932. The van der Waals surface area contributed by atoms with Gasteiger partial charge in [-0.15, -0.1) is 0 Å². The van der Waals surface area contributed by atoms with Gasteiger partial charge in [-0.25, -0.2) is 4.98 Å². The molecule has 0 spiro atoms. The van der Waals surface area contributed by atoms with Crippen molar-refractivity contribution in [2.75, 3.05) is 0 Å². The molecule has 0 N–H and O–H groups in total. The molecule has 0 bridgehead atoms. The molecule has 3 nitrogen and oxygen atoms in total. The second kappa shape index (κ2) is 6.89. The van der Waals surface area contributed by atoms with Crippen LogP contribution in [0.4, 0.5) is 35.1 Å². The SMILES string of the molecule is O=c1c(Br)c(C(F)(F)C(F)(F)F)ncn1-c1c(Cl)cc(C(F)(F)F)cc1Cl. The van der Waals surface area contributed by atoms with Gasteiger partial charge < -0.3 is 0 Å². The van der Waals surface area contributed by atoms with Crippen LogP contribution in [-0.2, 0) is 12.1 Å². The number of benzene rings is 1. The number of hydrogen-bond acceptors (Lipinski definition) is 2. The zero-order chi connectivity index (χ0) is 20.9. The van der Waals surface area contributed by atoms with Crippen molar-refractivity contribution in [3.8, 4) is 5.69 Å². The van der Waals surface area contributed by atoms with Crippen molar-refractivity contribution >= 4 is 39.1 Å². The van der Waals surface area contributed by atoms with Crippen LogP contribution in [-0.4, -0.2) is 15.7 Å². The van der Waals surface area contributed by atoms with Gasteiger partial charge in [-0.2, -0.15) is 35.1 Å². The summed E-state index contributed by atoms with van der Waals surface area (Å²) >= 11 is 13.7. The minimum atomic E-state index is -6.04. The molecule has 14 heteroatoms. The maximum atomic E-state index is 13.4. The van der Waals surface area contributed by atoms with Crippen LogP contribution in [0.3, 0.4) is 0 Å². The molecule has 0 saturated carbocycles. The van der Waals surface area contributed by atoms with E-state index in [-0.39, 0.29) is 6.33 Å². The van der Waals surface area contributed by atoms with Gasteiger partial charge in [-0.05, 0) is 28.1 Å². The van der Waals surface area contributed by atoms with Crippen LogP contribution in [0.1, 0.15) is 11.3 Å². The fourth-order valence-electron chi connectivity index (χ4n) is 1.90. The molecule has 0 radical (unpaired) electrons. The first-order valence-electron chi connectivity index (χ1n) is 6.37. The molecule has 2 rings (SSSR count). The van der Waals surface area contributed by atoms with Crippen molar-refractivity contribution in [2.45, 2.75) is 18.3 Å². The first kappa shape index (κ1) is 21.9. The highest BCUT2D eigenvalue weighted by molar-refractivity contribution is 9.10. The Hall–Kier alpha value is -1.40. The summed E-state index contributed by atoms with van der Waals surface area (Å²) in [4.78, 5) is 15.1. The Morgan fingerprint density at radius 3 is 1.85 bits per heavy atom. The van der Waals surface area contributed by atoms with Crippen LogP contribution < -0.4 is 5.56 Å². The predicted molar refractivity (Wildman–Crippen MR) is 82.5 cm³/mol. The summed E-state index contributed by atoms with van der Waals surface area (Å²) in [5, 5.41) is -1.41. The average Bonchev–Trinajstić information content (AvgIpc) is 2.48. The lowest BCUT2D eigenvalue weighted by Crippen LogP contribution is -2.37.